The number of halogens is 4. The highest BCUT2D eigenvalue weighted by Gasteiger charge is 2.16. The second-order valence-electron chi connectivity index (χ2n) is 2.27. The standard InChI is InChI=1S/C8H4Br2ClFO/c9-3-6(13)7-5(12)2-1-4(10)8(7)11/h1-2H,3H2. The third kappa shape index (κ3) is 2.30. The molecule has 1 rings (SSSR count). The van der Waals surface area contributed by atoms with Gasteiger partial charge in [-0.2, -0.15) is 0 Å². The Bertz CT molecular complexity index is 354. The van der Waals surface area contributed by atoms with Crippen molar-refractivity contribution in [2.24, 2.45) is 0 Å². The third-order valence-electron chi connectivity index (χ3n) is 1.44. The quantitative estimate of drug-likeness (QED) is 0.458. The lowest BCUT2D eigenvalue weighted by atomic mass is 10.1. The summed E-state index contributed by atoms with van der Waals surface area (Å²) in [7, 11) is 0. The molecule has 0 aliphatic rings. The lowest BCUT2D eigenvalue weighted by molar-refractivity contribution is 0.102. The fourth-order valence-corrected chi connectivity index (χ4v) is 1.72. The molecule has 1 aromatic carbocycles. The zero-order valence-corrected chi connectivity index (χ0v) is 10.2. The van der Waals surface area contributed by atoms with Gasteiger partial charge in [-0.05, 0) is 28.1 Å². The smallest absolute Gasteiger partial charge is 0.177 e. The Labute approximate surface area is 96.5 Å². The summed E-state index contributed by atoms with van der Waals surface area (Å²) in [4.78, 5) is 11.2. The number of alkyl halides is 1. The molecule has 13 heavy (non-hydrogen) atoms. The number of benzene rings is 1. The van der Waals surface area contributed by atoms with E-state index < -0.39 is 5.82 Å². The van der Waals surface area contributed by atoms with E-state index in [2.05, 4.69) is 31.9 Å². The maximum absolute atomic E-state index is 13.1. The molecule has 0 N–H and O–H groups in total. The van der Waals surface area contributed by atoms with E-state index in [4.69, 9.17) is 11.6 Å². The Balaban J connectivity index is 3.33. The number of Topliss-reactive ketones (excluding diaryl/α,β-unsaturated/α-hetero) is 1. The molecule has 1 nitrogen and oxygen atoms in total. The molecule has 0 radical (unpaired) electrons. The summed E-state index contributed by atoms with van der Waals surface area (Å²) in [6, 6.07) is 2.66. The molecule has 0 amide bonds. The van der Waals surface area contributed by atoms with Crippen molar-refractivity contribution >= 4 is 49.2 Å². The van der Waals surface area contributed by atoms with Gasteiger partial charge in [-0.3, -0.25) is 4.79 Å². The van der Waals surface area contributed by atoms with Crippen LogP contribution in [0.15, 0.2) is 16.6 Å². The fraction of sp³-hybridized carbons (Fsp3) is 0.125. The van der Waals surface area contributed by atoms with Crippen molar-refractivity contribution in [2.75, 3.05) is 5.33 Å². The largest absolute Gasteiger partial charge is 0.293 e. The second kappa shape index (κ2) is 4.53. The van der Waals surface area contributed by atoms with Gasteiger partial charge in [-0.15, -0.1) is 0 Å². The third-order valence-corrected chi connectivity index (χ3v) is 3.24. The van der Waals surface area contributed by atoms with Crippen LogP contribution in [0.4, 0.5) is 4.39 Å². The molecule has 0 aliphatic heterocycles. The van der Waals surface area contributed by atoms with Crippen LogP contribution >= 0.6 is 43.5 Å². The van der Waals surface area contributed by atoms with Gasteiger partial charge in [0, 0.05) is 4.47 Å². The minimum absolute atomic E-state index is 0.0556. The molecule has 70 valence electrons. The Morgan fingerprint density at radius 2 is 2.15 bits per heavy atom. The van der Waals surface area contributed by atoms with Crippen LogP contribution in [-0.4, -0.2) is 11.1 Å². The van der Waals surface area contributed by atoms with Crippen molar-refractivity contribution in [3.05, 3.63) is 33.0 Å². The number of hydrogen-bond donors (Lipinski definition) is 0. The molecule has 0 saturated heterocycles. The molecule has 0 heterocycles. The van der Waals surface area contributed by atoms with Crippen molar-refractivity contribution in [3.63, 3.8) is 0 Å². The average Bonchev–Trinajstić information content (AvgIpc) is 2.12. The average molecular weight is 330 g/mol. The van der Waals surface area contributed by atoms with Crippen LogP contribution in [0.5, 0.6) is 0 Å². The van der Waals surface area contributed by atoms with E-state index >= 15 is 0 Å². The number of hydrogen-bond acceptors (Lipinski definition) is 1. The first-order valence-electron chi connectivity index (χ1n) is 3.30. The molecular formula is C8H4Br2ClFO. The molecule has 0 saturated carbocycles. The second-order valence-corrected chi connectivity index (χ2v) is 4.07. The van der Waals surface area contributed by atoms with Gasteiger partial charge in [0.25, 0.3) is 0 Å². The molecule has 0 fully saturated rings. The van der Waals surface area contributed by atoms with Crippen molar-refractivity contribution < 1.29 is 9.18 Å². The van der Waals surface area contributed by atoms with Gasteiger partial charge < -0.3 is 0 Å². The summed E-state index contributed by atoms with van der Waals surface area (Å²) in [5.41, 5.74) is -0.0760. The highest BCUT2D eigenvalue weighted by molar-refractivity contribution is 9.10. The van der Waals surface area contributed by atoms with E-state index in [0.717, 1.165) is 0 Å². The predicted molar refractivity (Wildman–Crippen MR) is 57.2 cm³/mol. The van der Waals surface area contributed by atoms with E-state index in [-0.39, 0.29) is 21.7 Å². The van der Waals surface area contributed by atoms with Crippen molar-refractivity contribution in [1.29, 1.82) is 0 Å². The molecular weight excluding hydrogens is 326 g/mol. The van der Waals surface area contributed by atoms with Crippen LogP contribution in [0.25, 0.3) is 0 Å². The van der Waals surface area contributed by atoms with Gasteiger partial charge in [0.2, 0.25) is 0 Å². The fourth-order valence-electron chi connectivity index (χ4n) is 0.849. The van der Waals surface area contributed by atoms with E-state index in [1.54, 1.807) is 0 Å². The monoisotopic (exact) mass is 328 g/mol. The maximum Gasteiger partial charge on any atom is 0.177 e. The van der Waals surface area contributed by atoms with E-state index in [9.17, 15) is 9.18 Å². The van der Waals surface area contributed by atoms with Gasteiger partial charge in [-0.1, -0.05) is 27.5 Å². The number of rotatable bonds is 2. The summed E-state index contributed by atoms with van der Waals surface area (Å²) >= 11 is 11.8. The van der Waals surface area contributed by atoms with Gasteiger partial charge in [0.1, 0.15) is 5.82 Å². The predicted octanol–water partition coefficient (Wildman–Crippen LogP) is 3.82. The van der Waals surface area contributed by atoms with Gasteiger partial charge in [0.15, 0.2) is 5.78 Å². The van der Waals surface area contributed by atoms with Gasteiger partial charge in [-0.25, -0.2) is 4.39 Å². The highest BCUT2D eigenvalue weighted by atomic mass is 79.9. The van der Waals surface area contributed by atoms with Crippen LogP contribution in [0.3, 0.4) is 0 Å². The first kappa shape index (κ1) is 11.1. The van der Waals surface area contributed by atoms with E-state index in [1.807, 2.05) is 0 Å². The molecule has 0 aromatic heterocycles. The topological polar surface area (TPSA) is 17.1 Å². The van der Waals surface area contributed by atoms with Crippen LogP contribution in [0.1, 0.15) is 10.4 Å². The summed E-state index contributed by atoms with van der Waals surface area (Å²) < 4.78 is 13.6. The summed E-state index contributed by atoms with van der Waals surface area (Å²) in [6.07, 6.45) is 0. The number of carbonyl (C=O) groups is 1. The first-order valence-corrected chi connectivity index (χ1v) is 5.60. The highest BCUT2D eigenvalue weighted by Crippen LogP contribution is 2.28. The van der Waals surface area contributed by atoms with E-state index in [0.29, 0.717) is 4.47 Å². The first-order chi connectivity index (χ1) is 6.07. The SMILES string of the molecule is O=C(CBr)c1c(F)ccc(Br)c1Cl. The maximum atomic E-state index is 13.1. The van der Waals surface area contributed by atoms with Crippen molar-refractivity contribution in [2.45, 2.75) is 0 Å². The van der Waals surface area contributed by atoms with Crippen LogP contribution in [0.2, 0.25) is 5.02 Å². The van der Waals surface area contributed by atoms with Gasteiger partial charge in [0.05, 0.1) is 15.9 Å². The molecule has 0 atom stereocenters. The molecule has 5 heteroatoms. The molecule has 0 aliphatic carbocycles. The Morgan fingerprint density at radius 1 is 1.54 bits per heavy atom. The molecule has 0 unspecified atom stereocenters. The Kier molecular flexibility index (Phi) is 3.88. The van der Waals surface area contributed by atoms with E-state index in [1.165, 1.54) is 12.1 Å². The van der Waals surface area contributed by atoms with Crippen LogP contribution in [0, 0.1) is 5.82 Å². The minimum Gasteiger partial charge on any atom is -0.293 e. The zero-order chi connectivity index (χ0) is 10.0. The molecule has 1 aromatic rings. The number of carbonyl (C=O) groups excluding carboxylic acids is 1. The molecule has 0 bridgehead atoms. The normalized spacial score (nSPS) is 10.2. The minimum atomic E-state index is -0.599. The summed E-state index contributed by atoms with van der Waals surface area (Å²) in [6.45, 7) is 0. The zero-order valence-electron chi connectivity index (χ0n) is 6.28. The lowest BCUT2D eigenvalue weighted by Crippen LogP contribution is -2.04. The summed E-state index contributed by atoms with van der Waals surface area (Å²) in [5, 5.41) is 0.171. The van der Waals surface area contributed by atoms with Crippen molar-refractivity contribution in [3.8, 4) is 0 Å². The van der Waals surface area contributed by atoms with Gasteiger partial charge >= 0.3 is 0 Å². The van der Waals surface area contributed by atoms with Crippen LogP contribution in [-0.2, 0) is 0 Å². The molecule has 0 spiro atoms. The lowest BCUT2D eigenvalue weighted by Gasteiger charge is -2.04. The van der Waals surface area contributed by atoms with Crippen molar-refractivity contribution in [1.82, 2.24) is 0 Å². The summed E-state index contributed by atoms with van der Waals surface area (Å²) in [5.74, 6) is -0.971. The van der Waals surface area contributed by atoms with Crippen LogP contribution < -0.4 is 0 Å². The number of ketones is 1. The Hall–Kier alpha value is 0.0700. The Morgan fingerprint density at radius 3 is 2.69 bits per heavy atom.